The molecular formula is C38H16F16KN4O-. The minimum absolute atomic E-state index is 0. The Labute approximate surface area is 369 Å². The van der Waals surface area contributed by atoms with Gasteiger partial charge in [-0.15, -0.1) is 0 Å². The average Bonchev–Trinajstić information content (AvgIpc) is 3.13. The summed E-state index contributed by atoms with van der Waals surface area (Å²) >= 11 is 0. The molecule has 0 amide bonds. The van der Waals surface area contributed by atoms with Gasteiger partial charge in [0.25, 0.3) is 0 Å². The Balaban J connectivity index is 0.00000125. The molecule has 0 spiro atoms. The number of nitrogens with zero attached hydrogens (tertiary/aromatic N) is 4. The summed E-state index contributed by atoms with van der Waals surface area (Å²) in [7, 11) is 0. The Morgan fingerprint density at radius 3 is 1.07 bits per heavy atom. The van der Waals surface area contributed by atoms with Crippen molar-refractivity contribution in [3.63, 3.8) is 0 Å². The third-order valence-corrected chi connectivity index (χ3v) is 7.63. The largest absolute Gasteiger partial charge is 1.00 e. The molecule has 2 heterocycles. The normalized spacial score (nSPS) is 12.0. The molecule has 6 rings (SSSR count). The Morgan fingerprint density at radius 2 is 0.750 bits per heavy atom. The number of halogens is 16. The van der Waals surface area contributed by atoms with Crippen molar-refractivity contribution in [1.29, 1.82) is 0 Å². The fourth-order valence-electron chi connectivity index (χ4n) is 5.10. The van der Waals surface area contributed by atoms with E-state index in [1.807, 2.05) is 0 Å². The van der Waals surface area contributed by atoms with E-state index in [2.05, 4.69) is 32.3 Å². The predicted octanol–water partition coefficient (Wildman–Crippen LogP) is 8.95. The van der Waals surface area contributed by atoms with Gasteiger partial charge in [-0.2, -0.15) is 52.7 Å². The number of benzene rings is 4. The maximum atomic E-state index is 14.2. The number of rotatable bonds is 6. The van der Waals surface area contributed by atoms with Gasteiger partial charge in [0.15, 0.2) is 0 Å². The van der Waals surface area contributed by atoms with Gasteiger partial charge in [0, 0.05) is 29.7 Å². The van der Waals surface area contributed by atoms with Crippen LogP contribution in [0.3, 0.4) is 0 Å². The van der Waals surface area contributed by atoms with E-state index in [9.17, 15) is 75.0 Å². The minimum atomic E-state index is -5.28. The molecule has 60 heavy (non-hydrogen) atoms. The molecule has 22 heteroatoms. The second kappa shape index (κ2) is 18.1. The summed E-state index contributed by atoms with van der Waals surface area (Å²) in [6.45, 7) is 0.188. The van der Waals surface area contributed by atoms with E-state index in [0.29, 0.717) is 24.3 Å². The van der Waals surface area contributed by atoms with Crippen molar-refractivity contribution in [3.8, 4) is 45.0 Å². The van der Waals surface area contributed by atoms with Crippen LogP contribution in [0.15, 0.2) is 78.9 Å². The van der Waals surface area contributed by atoms with Crippen LogP contribution in [-0.2, 0) is 18.5 Å². The molecule has 0 aliphatic carbocycles. The van der Waals surface area contributed by atoms with Crippen molar-refractivity contribution in [3.05, 3.63) is 143 Å². The van der Waals surface area contributed by atoms with Gasteiger partial charge in [0.05, 0.1) is 16.7 Å². The maximum absolute atomic E-state index is 14.2. The quantitative estimate of drug-likeness (QED) is 0.0724. The van der Waals surface area contributed by atoms with E-state index < -0.39 is 110 Å². The number of alkyl halides is 12. The zero-order chi connectivity index (χ0) is 43.8. The minimum Gasteiger partial charge on any atom is -0.381 e. The van der Waals surface area contributed by atoms with Gasteiger partial charge in [-0.25, -0.2) is 17.6 Å². The van der Waals surface area contributed by atoms with Crippen molar-refractivity contribution in [2.45, 2.75) is 31.6 Å². The number of hydrogen-bond donors (Lipinski definition) is 0. The van der Waals surface area contributed by atoms with Crippen LogP contribution >= 0.6 is 0 Å². The third kappa shape index (κ3) is 11.5. The Kier molecular flexibility index (Phi) is 14.4. The van der Waals surface area contributed by atoms with Crippen LogP contribution in [-0.4, -0.2) is 31.9 Å². The van der Waals surface area contributed by atoms with Gasteiger partial charge in [-0.3, -0.25) is 9.97 Å². The predicted molar refractivity (Wildman–Crippen MR) is 173 cm³/mol. The third-order valence-electron chi connectivity index (χ3n) is 7.63. The molecule has 2 aromatic heterocycles. The van der Waals surface area contributed by atoms with Crippen LogP contribution in [0.4, 0.5) is 70.2 Å². The zero-order valence-corrected chi connectivity index (χ0v) is 32.9. The van der Waals surface area contributed by atoms with Crippen LogP contribution < -0.4 is 51.4 Å². The molecular weight excluding hydrogens is 872 g/mol. The molecule has 0 unspecified atom stereocenters. The van der Waals surface area contributed by atoms with Gasteiger partial charge in [-0.05, 0) is 83.4 Å². The molecule has 4 aromatic carbocycles. The Hall–Kier alpha value is -4.77. The SMILES string of the molecule is CC(F)(F)F.O=C(c1[c-]nc(-c2ccc(F)c(C(F)(F)F)c2)c(-c2ccc(F)cc2)n1)c1[c-]nc(-c2ccc(F)c(C(F)(F)F)c2)c(-c2ccc(F)c(C(F)(F)F)c2)n1.[K+]. The van der Waals surface area contributed by atoms with Crippen molar-refractivity contribution in [1.82, 2.24) is 19.9 Å². The van der Waals surface area contributed by atoms with Crippen molar-refractivity contribution in [2.24, 2.45) is 0 Å². The maximum Gasteiger partial charge on any atom is 1.00 e. The first-order valence-corrected chi connectivity index (χ1v) is 15.8. The van der Waals surface area contributed by atoms with Crippen LogP contribution in [0.2, 0.25) is 0 Å². The molecule has 0 saturated carbocycles. The van der Waals surface area contributed by atoms with Gasteiger partial charge in [0.1, 0.15) is 29.1 Å². The van der Waals surface area contributed by atoms with E-state index in [1.54, 1.807) is 0 Å². The fraction of sp³-hybridized carbons (Fsp3) is 0.132. The summed E-state index contributed by atoms with van der Waals surface area (Å²) in [6, 6.07) is 8.77. The fourth-order valence-corrected chi connectivity index (χ4v) is 5.10. The summed E-state index contributed by atoms with van der Waals surface area (Å²) in [6.07, 6.45) is -15.3. The van der Waals surface area contributed by atoms with Gasteiger partial charge < -0.3 is 14.8 Å². The second-order valence-corrected chi connectivity index (χ2v) is 12.0. The number of aromatic nitrogens is 4. The smallest absolute Gasteiger partial charge is 0.381 e. The molecule has 6 aromatic rings. The summed E-state index contributed by atoms with van der Waals surface area (Å²) < 4.78 is 210. The van der Waals surface area contributed by atoms with Gasteiger partial charge >= 0.3 is 76.1 Å². The first kappa shape index (κ1) is 47.9. The average molecular weight is 888 g/mol. The number of carbonyl (C=O) groups is 1. The van der Waals surface area contributed by atoms with E-state index >= 15 is 0 Å². The molecule has 0 bridgehead atoms. The molecule has 0 N–H and O–H groups in total. The number of ketones is 1. The Bertz CT molecular complexity index is 2530. The molecule has 0 atom stereocenters. The summed E-state index contributed by atoms with van der Waals surface area (Å²) in [5.41, 5.74) is -10.6. The van der Waals surface area contributed by atoms with Crippen LogP contribution in [0.25, 0.3) is 45.0 Å². The Morgan fingerprint density at radius 1 is 0.467 bits per heavy atom. The van der Waals surface area contributed by atoms with E-state index in [1.165, 1.54) is 0 Å². The monoisotopic (exact) mass is 887 g/mol. The number of hydrogen-bond acceptors (Lipinski definition) is 5. The first-order valence-electron chi connectivity index (χ1n) is 15.8. The van der Waals surface area contributed by atoms with E-state index in [0.717, 1.165) is 42.5 Å². The molecule has 308 valence electrons. The van der Waals surface area contributed by atoms with Gasteiger partial charge in [0.2, 0.25) is 0 Å². The molecule has 5 nitrogen and oxygen atoms in total. The molecule has 0 aliphatic heterocycles. The van der Waals surface area contributed by atoms with Crippen molar-refractivity contribution >= 4 is 5.78 Å². The first-order chi connectivity index (χ1) is 27.2. The van der Waals surface area contributed by atoms with E-state index in [4.69, 9.17) is 0 Å². The molecule has 0 fully saturated rings. The molecule has 0 aliphatic rings. The second-order valence-electron chi connectivity index (χ2n) is 12.0. The van der Waals surface area contributed by atoms with Crippen LogP contribution in [0.5, 0.6) is 0 Å². The standard InChI is InChI=1S/C36H13F13N4O.C2H3F3.K/c37-20-6-1-16(2-7-20)31-29(17-3-8-24(38)21(11-17)34(41,42)43)50-14-27(52-31)33(54)28-15-51-30(18-4-9-25(39)22(12-18)35(44,45)46)32(53-28)19-5-10-26(40)23(13-19)36(47,48)49;1-2(3,4)5;/h1-13H;1H3;/q-2;;+1. The zero-order valence-electron chi connectivity index (χ0n) is 29.8. The number of carbonyl (C=O) groups excluding carboxylic acids is 1. The van der Waals surface area contributed by atoms with Crippen LogP contribution in [0, 0.1) is 35.7 Å². The summed E-state index contributed by atoms with van der Waals surface area (Å²) in [5, 5.41) is 0. The van der Waals surface area contributed by atoms with E-state index in [-0.39, 0.29) is 87.3 Å². The summed E-state index contributed by atoms with van der Waals surface area (Å²) in [4.78, 5) is 29.6. The van der Waals surface area contributed by atoms with Crippen molar-refractivity contribution in [2.75, 3.05) is 0 Å². The van der Waals surface area contributed by atoms with Crippen LogP contribution in [0.1, 0.15) is 39.8 Å². The topological polar surface area (TPSA) is 68.6 Å². The molecule has 0 radical (unpaired) electrons. The van der Waals surface area contributed by atoms with Crippen molar-refractivity contribution < 1.29 is 126 Å². The molecule has 0 saturated heterocycles. The van der Waals surface area contributed by atoms with Gasteiger partial charge in [-0.1, -0.05) is 41.5 Å². The summed E-state index contributed by atoms with van der Waals surface area (Å²) in [5.74, 6) is -7.10.